The Morgan fingerprint density at radius 2 is 1.79 bits per heavy atom. The molecule has 2 aromatic carbocycles. The molecule has 0 radical (unpaired) electrons. The highest BCUT2D eigenvalue weighted by molar-refractivity contribution is 5.90. The number of quaternary nitrogens is 1. The average molecular weight is 260 g/mol. The van der Waals surface area contributed by atoms with Crippen LogP contribution in [0.2, 0.25) is 0 Å². The largest absolute Gasteiger partial charge is 0.496 e. The molecule has 1 atom stereocenters. The van der Waals surface area contributed by atoms with Gasteiger partial charge in [-0.3, -0.25) is 0 Å². The van der Waals surface area contributed by atoms with Gasteiger partial charge in [-0.25, -0.2) is 0 Å². The van der Waals surface area contributed by atoms with Crippen molar-refractivity contribution in [1.29, 1.82) is 0 Å². The van der Waals surface area contributed by atoms with E-state index in [1.54, 1.807) is 14.2 Å². The molecule has 0 aliphatic heterocycles. The lowest BCUT2D eigenvalue weighted by atomic mass is 10.0. The molecular weight excluding hydrogens is 238 g/mol. The van der Waals surface area contributed by atoms with E-state index in [2.05, 4.69) is 36.5 Å². The molecule has 102 valence electrons. The van der Waals surface area contributed by atoms with Crippen LogP contribution in [0.4, 0.5) is 0 Å². The van der Waals surface area contributed by atoms with Gasteiger partial charge in [0.25, 0.3) is 0 Å². The molecule has 3 nitrogen and oxygen atoms in total. The summed E-state index contributed by atoms with van der Waals surface area (Å²) in [6, 6.07) is 13.0. The fourth-order valence-corrected chi connectivity index (χ4v) is 2.35. The zero-order chi connectivity index (χ0) is 13.7. The number of hydrogen-bond acceptors (Lipinski definition) is 2. The van der Waals surface area contributed by atoms with Crippen molar-refractivity contribution in [3.05, 3.63) is 42.0 Å². The molecule has 0 heterocycles. The predicted octanol–water partition coefficient (Wildman–Crippen LogP) is 1.95. The van der Waals surface area contributed by atoms with Gasteiger partial charge in [0, 0.05) is 18.1 Å². The topological polar surface area (TPSA) is 35.1 Å². The van der Waals surface area contributed by atoms with Crippen LogP contribution in [0.1, 0.15) is 12.5 Å². The first-order valence-electron chi connectivity index (χ1n) is 6.63. The average Bonchev–Trinajstić information content (AvgIpc) is 2.45. The SMILES string of the molecule is COC[C@H](C)[NH2+]Cc1ccc(OC)c2ccccc12. The van der Waals surface area contributed by atoms with E-state index in [0.717, 1.165) is 18.9 Å². The van der Waals surface area contributed by atoms with Gasteiger partial charge in [0.05, 0.1) is 13.7 Å². The summed E-state index contributed by atoms with van der Waals surface area (Å²) in [6.45, 7) is 3.90. The zero-order valence-electron chi connectivity index (χ0n) is 11.8. The first kappa shape index (κ1) is 13.8. The van der Waals surface area contributed by atoms with E-state index in [1.165, 1.54) is 16.3 Å². The molecule has 2 aromatic rings. The Hall–Kier alpha value is -1.58. The van der Waals surface area contributed by atoms with Crippen LogP contribution < -0.4 is 10.1 Å². The molecule has 0 saturated heterocycles. The number of nitrogens with two attached hydrogens (primary N) is 1. The fourth-order valence-electron chi connectivity index (χ4n) is 2.35. The van der Waals surface area contributed by atoms with E-state index in [9.17, 15) is 0 Å². The fraction of sp³-hybridized carbons (Fsp3) is 0.375. The van der Waals surface area contributed by atoms with Crippen LogP contribution in [0.15, 0.2) is 36.4 Å². The molecule has 0 unspecified atom stereocenters. The van der Waals surface area contributed by atoms with Gasteiger partial charge in [0.2, 0.25) is 0 Å². The maximum absolute atomic E-state index is 5.42. The lowest BCUT2D eigenvalue weighted by Gasteiger charge is -2.12. The molecule has 2 N–H and O–H groups in total. The summed E-state index contributed by atoms with van der Waals surface area (Å²) in [5.74, 6) is 0.935. The third kappa shape index (κ3) is 3.25. The molecule has 2 rings (SSSR count). The van der Waals surface area contributed by atoms with Crippen molar-refractivity contribution >= 4 is 10.8 Å². The number of benzene rings is 2. The third-order valence-electron chi connectivity index (χ3n) is 3.36. The summed E-state index contributed by atoms with van der Waals surface area (Å²) in [5.41, 5.74) is 1.33. The van der Waals surface area contributed by atoms with Gasteiger partial charge in [-0.1, -0.05) is 24.3 Å². The van der Waals surface area contributed by atoms with Crippen molar-refractivity contribution in [2.75, 3.05) is 20.8 Å². The van der Waals surface area contributed by atoms with Crippen molar-refractivity contribution in [2.24, 2.45) is 0 Å². The van der Waals surface area contributed by atoms with Gasteiger partial charge in [-0.15, -0.1) is 0 Å². The highest BCUT2D eigenvalue weighted by Crippen LogP contribution is 2.27. The summed E-state index contributed by atoms with van der Waals surface area (Å²) >= 11 is 0. The van der Waals surface area contributed by atoms with Crippen molar-refractivity contribution in [3.63, 3.8) is 0 Å². The molecular formula is C16H22NO2+. The van der Waals surface area contributed by atoms with Crippen molar-refractivity contribution in [1.82, 2.24) is 0 Å². The normalized spacial score (nSPS) is 12.6. The van der Waals surface area contributed by atoms with Crippen LogP contribution >= 0.6 is 0 Å². The van der Waals surface area contributed by atoms with Gasteiger partial charge in [-0.05, 0) is 24.4 Å². The Labute approximate surface area is 114 Å². The van der Waals surface area contributed by atoms with Gasteiger partial charge in [-0.2, -0.15) is 0 Å². The number of rotatable bonds is 6. The number of methoxy groups -OCH3 is 2. The van der Waals surface area contributed by atoms with Crippen LogP contribution in [0, 0.1) is 0 Å². The van der Waals surface area contributed by atoms with Crippen molar-refractivity contribution in [2.45, 2.75) is 19.5 Å². The minimum atomic E-state index is 0.464. The van der Waals surface area contributed by atoms with E-state index in [-0.39, 0.29) is 0 Å². The molecule has 0 aliphatic rings. The minimum Gasteiger partial charge on any atom is -0.496 e. The maximum atomic E-state index is 5.42. The second kappa shape index (κ2) is 6.55. The van der Waals surface area contributed by atoms with Gasteiger partial charge in [0.15, 0.2) is 0 Å². The molecule has 0 spiro atoms. The van der Waals surface area contributed by atoms with Crippen LogP contribution in [0.25, 0.3) is 10.8 Å². The molecule has 0 aromatic heterocycles. The smallest absolute Gasteiger partial charge is 0.126 e. The molecule has 19 heavy (non-hydrogen) atoms. The first-order valence-corrected chi connectivity index (χ1v) is 6.63. The number of fused-ring (bicyclic) bond motifs is 1. The molecule has 3 heteroatoms. The predicted molar refractivity (Wildman–Crippen MR) is 77.5 cm³/mol. The van der Waals surface area contributed by atoms with Crippen LogP contribution in [-0.2, 0) is 11.3 Å². The Morgan fingerprint density at radius 1 is 1.05 bits per heavy atom. The van der Waals surface area contributed by atoms with E-state index in [1.807, 2.05) is 12.1 Å². The van der Waals surface area contributed by atoms with E-state index in [4.69, 9.17) is 9.47 Å². The van der Waals surface area contributed by atoms with Crippen molar-refractivity contribution < 1.29 is 14.8 Å². The lowest BCUT2D eigenvalue weighted by molar-refractivity contribution is -0.702. The second-order valence-corrected chi connectivity index (χ2v) is 4.84. The summed E-state index contributed by atoms with van der Waals surface area (Å²) in [7, 11) is 3.46. The van der Waals surface area contributed by atoms with E-state index >= 15 is 0 Å². The molecule has 0 bridgehead atoms. The Morgan fingerprint density at radius 3 is 2.47 bits per heavy atom. The summed E-state index contributed by atoms with van der Waals surface area (Å²) in [6.07, 6.45) is 0. The van der Waals surface area contributed by atoms with Crippen LogP contribution in [0.5, 0.6) is 5.75 Å². The highest BCUT2D eigenvalue weighted by atomic mass is 16.5. The Kier molecular flexibility index (Phi) is 4.77. The maximum Gasteiger partial charge on any atom is 0.126 e. The number of ether oxygens (including phenoxy) is 2. The molecule has 0 aliphatic carbocycles. The van der Waals surface area contributed by atoms with Gasteiger partial charge >= 0.3 is 0 Å². The first-order chi connectivity index (χ1) is 9.26. The molecule has 0 amide bonds. The van der Waals surface area contributed by atoms with Gasteiger partial charge < -0.3 is 14.8 Å². The van der Waals surface area contributed by atoms with Crippen molar-refractivity contribution in [3.8, 4) is 5.75 Å². The zero-order valence-corrected chi connectivity index (χ0v) is 11.8. The number of hydrogen-bond donors (Lipinski definition) is 1. The summed E-state index contributed by atoms with van der Waals surface area (Å²) in [5, 5.41) is 4.75. The lowest BCUT2D eigenvalue weighted by Crippen LogP contribution is -2.88. The summed E-state index contributed by atoms with van der Waals surface area (Å²) in [4.78, 5) is 0. The Bertz CT molecular complexity index is 539. The standard InChI is InChI=1S/C16H21NO2/c1-12(11-18-2)17-10-13-8-9-16(19-3)15-7-5-4-6-14(13)15/h4-9,12,17H,10-11H2,1-3H3/p+1/t12-/m0/s1. The van der Waals surface area contributed by atoms with Crippen LogP contribution in [-0.4, -0.2) is 26.9 Å². The molecule has 0 fully saturated rings. The third-order valence-corrected chi connectivity index (χ3v) is 3.36. The highest BCUT2D eigenvalue weighted by Gasteiger charge is 2.09. The molecule has 0 saturated carbocycles. The van der Waals surface area contributed by atoms with E-state index < -0.39 is 0 Å². The van der Waals surface area contributed by atoms with Crippen LogP contribution in [0.3, 0.4) is 0 Å². The monoisotopic (exact) mass is 260 g/mol. The second-order valence-electron chi connectivity index (χ2n) is 4.84. The van der Waals surface area contributed by atoms with Gasteiger partial charge in [0.1, 0.15) is 18.3 Å². The van der Waals surface area contributed by atoms with E-state index in [0.29, 0.717) is 6.04 Å². The quantitative estimate of drug-likeness (QED) is 0.861. The Balaban J connectivity index is 2.24. The summed E-state index contributed by atoms with van der Waals surface area (Å²) < 4.78 is 10.6. The minimum absolute atomic E-state index is 0.464.